The van der Waals surface area contributed by atoms with Crippen LogP contribution in [-0.2, 0) is 20.7 Å². The van der Waals surface area contributed by atoms with Crippen LogP contribution in [-0.4, -0.2) is 25.4 Å². The van der Waals surface area contributed by atoms with Crippen molar-refractivity contribution in [1.29, 1.82) is 0 Å². The molecule has 4 nitrogen and oxygen atoms in total. The number of unbranched alkanes of at least 4 members (excludes halogenated alkanes) is 1. The normalized spacial score (nSPS) is 20.8. The smallest absolute Gasteiger partial charge is 0.316 e. The molecule has 1 aromatic rings. The van der Waals surface area contributed by atoms with Gasteiger partial charge in [-0.1, -0.05) is 37.3 Å². The van der Waals surface area contributed by atoms with E-state index >= 15 is 0 Å². The molecule has 0 aromatic heterocycles. The Bertz CT molecular complexity index is 565. The molecule has 0 heterocycles. The van der Waals surface area contributed by atoms with Crippen LogP contribution in [0.4, 0.5) is 0 Å². The third-order valence-electron chi connectivity index (χ3n) is 4.28. The highest BCUT2D eigenvalue weighted by Crippen LogP contribution is 2.26. The largest absolute Gasteiger partial charge is 0.468 e. The van der Waals surface area contributed by atoms with E-state index in [9.17, 15) is 9.59 Å². The molecule has 0 radical (unpaired) electrons. The Morgan fingerprint density at radius 1 is 1.26 bits per heavy atom. The van der Waals surface area contributed by atoms with Gasteiger partial charge in [0.2, 0.25) is 0 Å². The van der Waals surface area contributed by atoms with Gasteiger partial charge in [0.15, 0.2) is 5.78 Å². The molecule has 0 spiro atoms. The molecule has 124 valence electrons. The Balaban J connectivity index is 1.74. The van der Waals surface area contributed by atoms with E-state index in [2.05, 4.69) is 29.6 Å². The lowest BCUT2D eigenvalue weighted by atomic mass is 9.82. The highest BCUT2D eigenvalue weighted by Gasteiger charge is 2.35. The first-order valence-electron chi connectivity index (χ1n) is 8.22. The minimum atomic E-state index is -0.649. The van der Waals surface area contributed by atoms with Gasteiger partial charge in [-0.25, -0.2) is 0 Å². The van der Waals surface area contributed by atoms with Crippen LogP contribution in [0.25, 0.3) is 0 Å². The summed E-state index contributed by atoms with van der Waals surface area (Å²) in [4.78, 5) is 23.7. The van der Waals surface area contributed by atoms with Crippen molar-refractivity contribution in [1.82, 2.24) is 5.32 Å². The van der Waals surface area contributed by atoms with Gasteiger partial charge < -0.3 is 10.1 Å². The Kier molecular flexibility index (Phi) is 6.39. The second-order valence-corrected chi connectivity index (χ2v) is 6.12. The molecular formula is C19H25NO3. The number of carbonyl (C=O) groups is 2. The molecule has 0 fully saturated rings. The number of benzene rings is 1. The number of hydrogen-bond acceptors (Lipinski definition) is 4. The van der Waals surface area contributed by atoms with Crippen LogP contribution in [0.2, 0.25) is 0 Å². The zero-order chi connectivity index (χ0) is 16.7. The van der Waals surface area contributed by atoms with E-state index in [1.807, 2.05) is 13.0 Å². The van der Waals surface area contributed by atoms with Gasteiger partial charge in [-0.3, -0.25) is 9.59 Å². The molecule has 23 heavy (non-hydrogen) atoms. The van der Waals surface area contributed by atoms with Gasteiger partial charge in [-0.05, 0) is 37.2 Å². The summed E-state index contributed by atoms with van der Waals surface area (Å²) in [6.45, 7) is 2.77. The SMILES string of the molecule is COC(=O)C1C(=O)C=C(NCCCCc2ccccc2)CC1C. The molecule has 2 rings (SSSR count). The molecule has 2 atom stereocenters. The number of hydrogen-bond donors (Lipinski definition) is 1. The van der Waals surface area contributed by atoms with Crippen molar-refractivity contribution in [2.45, 2.75) is 32.6 Å². The van der Waals surface area contributed by atoms with Crippen LogP contribution in [0.1, 0.15) is 31.7 Å². The average molecular weight is 315 g/mol. The number of esters is 1. The molecule has 1 N–H and O–H groups in total. The molecule has 1 aromatic carbocycles. The zero-order valence-electron chi connectivity index (χ0n) is 13.9. The fourth-order valence-corrected chi connectivity index (χ4v) is 3.01. The Morgan fingerprint density at radius 3 is 2.65 bits per heavy atom. The van der Waals surface area contributed by atoms with Crippen LogP contribution in [0.5, 0.6) is 0 Å². The lowest BCUT2D eigenvalue weighted by Gasteiger charge is -2.26. The number of ketones is 1. The van der Waals surface area contributed by atoms with Crippen LogP contribution in [0, 0.1) is 11.8 Å². The van der Waals surface area contributed by atoms with E-state index in [1.165, 1.54) is 12.7 Å². The maximum atomic E-state index is 12.1. The summed E-state index contributed by atoms with van der Waals surface area (Å²) in [6.07, 6.45) is 5.51. The number of ether oxygens (including phenoxy) is 1. The van der Waals surface area contributed by atoms with E-state index < -0.39 is 11.9 Å². The first-order valence-corrected chi connectivity index (χ1v) is 8.22. The van der Waals surface area contributed by atoms with E-state index in [-0.39, 0.29) is 11.7 Å². The number of allylic oxidation sites excluding steroid dienone is 2. The molecule has 0 aliphatic heterocycles. The predicted octanol–water partition coefficient (Wildman–Crippen LogP) is 2.88. The summed E-state index contributed by atoms with van der Waals surface area (Å²) < 4.78 is 4.71. The summed E-state index contributed by atoms with van der Waals surface area (Å²) in [7, 11) is 1.33. The van der Waals surface area contributed by atoms with Crippen molar-refractivity contribution in [2.75, 3.05) is 13.7 Å². The molecule has 1 aliphatic rings. The molecule has 1 aliphatic carbocycles. The maximum Gasteiger partial charge on any atom is 0.316 e. The van der Waals surface area contributed by atoms with Crippen molar-refractivity contribution < 1.29 is 14.3 Å². The molecule has 0 bridgehead atoms. The first kappa shape index (κ1) is 17.3. The molecule has 0 saturated heterocycles. The number of rotatable bonds is 7. The third-order valence-corrected chi connectivity index (χ3v) is 4.28. The summed E-state index contributed by atoms with van der Waals surface area (Å²) in [6, 6.07) is 10.4. The second kappa shape index (κ2) is 8.51. The van der Waals surface area contributed by atoms with Gasteiger partial charge in [0.05, 0.1) is 7.11 Å². The van der Waals surface area contributed by atoms with Crippen molar-refractivity contribution in [3.05, 3.63) is 47.7 Å². The van der Waals surface area contributed by atoms with E-state index in [1.54, 1.807) is 6.08 Å². The molecule has 2 unspecified atom stereocenters. The van der Waals surface area contributed by atoms with Gasteiger partial charge in [-0.2, -0.15) is 0 Å². The number of methoxy groups -OCH3 is 1. The summed E-state index contributed by atoms with van der Waals surface area (Å²) >= 11 is 0. The Morgan fingerprint density at radius 2 is 2.00 bits per heavy atom. The van der Waals surface area contributed by atoms with E-state index in [4.69, 9.17) is 4.74 Å². The zero-order valence-corrected chi connectivity index (χ0v) is 13.9. The quantitative estimate of drug-likeness (QED) is 0.477. The number of nitrogens with one attached hydrogen (secondary N) is 1. The maximum absolute atomic E-state index is 12.1. The monoisotopic (exact) mass is 315 g/mol. The van der Waals surface area contributed by atoms with Gasteiger partial charge >= 0.3 is 5.97 Å². The van der Waals surface area contributed by atoms with Gasteiger partial charge in [0, 0.05) is 18.3 Å². The van der Waals surface area contributed by atoms with Gasteiger partial charge in [0.1, 0.15) is 5.92 Å². The van der Waals surface area contributed by atoms with Gasteiger partial charge in [-0.15, -0.1) is 0 Å². The lowest BCUT2D eigenvalue weighted by molar-refractivity contribution is -0.150. The van der Waals surface area contributed by atoms with Crippen LogP contribution >= 0.6 is 0 Å². The standard InChI is InChI=1S/C19H25NO3/c1-14-12-16(13-17(21)18(14)19(22)23-2)20-11-7-6-10-15-8-4-3-5-9-15/h3-5,8-9,13-14,18,20H,6-7,10-12H2,1-2H3. The molecular weight excluding hydrogens is 290 g/mol. The van der Waals surface area contributed by atoms with Crippen LogP contribution in [0.15, 0.2) is 42.1 Å². The second-order valence-electron chi connectivity index (χ2n) is 6.12. The highest BCUT2D eigenvalue weighted by atomic mass is 16.5. The summed E-state index contributed by atoms with van der Waals surface area (Å²) in [5.41, 5.74) is 2.29. The Labute approximate surface area is 137 Å². The lowest BCUT2D eigenvalue weighted by Crippen LogP contribution is -2.35. The minimum absolute atomic E-state index is 0.0215. The van der Waals surface area contributed by atoms with Gasteiger partial charge in [0.25, 0.3) is 0 Å². The van der Waals surface area contributed by atoms with E-state index in [0.717, 1.165) is 31.5 Å². The molecule has 0 amide bonds. The number of aryl methyl sites for hydroxylation is 1. The fourth-order valence-electron chi connectivity index (χ4n) is 3.01. The topological polar surface area (TPSA) is 55.4 Å². The first-order chi connectivity index (χ1) is 11.1. The number of carbonyl (C=O) groups excluding carboxylic acids is 2. The fraction of sp³-hybridized carbons (Fsp3) is 0.474. The van der Waals surface area contributed by atoms with Crippen molar-refractivity contribution in [3.63, 3.8) is 0 Å². The average Bonchev–Trinajstić information content (AvgIpc) is 2.54. The Hall–Kier alpha value is -2.10. The highest BCUT2D eigenvalue weighted by molar-refractivity contribution is 6.06. The summed E-state index contributed by atoms with van der Waals surface area (Å²) in [5, 5.41) is 3.33. The van der Waals surface area contributed by atoms with Crippen LogP contribution in [0.3, 0.4) is 0 Å². The predicted molar refractivity (Wildman–Crippen MR) is 89.8 cm³/mol. The summed E-state index contributed by atoms with van der Waals surface area (Å²) in [5.74, 6) is -1.25. The van der Waals surface area contributed by atoms with Crippen molar-refractivity contribution in [2.24, 2.45) is 11.8 Å². The van der Waals surface area contributed by atoms with Crippen molar-refractivity contribution in [3.8, 4) is 0 Å². The molecule has 0 saturated carbocycles. The third kappa shape index (κ3) is 4.95. The van der Waals surface area contributed by atoms with Crippen LogP contribution < -0.4 is 5.32 Å². The molecule has 4 heteroatoms. The van der Waals surface area contributed by atoms with Crippen molar-refractivity contribution >= 4 is 11.8 Å². The van der Waals surface area contributed by atoms with E-state index in [0.29, 0.717) is 6.42 Å². The minimum Gasteiger partial charge on any atom is -0.468 e.